The molecule has 6 nitrogen and oxygen atoms in total. The Morgan fingerprint density at radius 2 is 2.32 bits per heavy atom. The molecule has 0 unspecified atom stereocenters. The fourth-order valence-corrected chi connectivity index (χ4v) is 1.85. The van der Waals surface area contributed by atoms with Crippen molar-refractivity contribution in [1.29, 1.82) is 5.26 Å². The summed E-state index contributed by atoms with van der Waals surface area (Å²) >= 11 is 0. The van der Waals surface area contributed by atoms with Crippen molar-refractivity contribution >= 4 is 12.1 Å². The minimum atomic E-state index is -0.455. The van der Waals surface area contributed by atoms with Gasteiger partial charge in [0, 0.05) is 5.56 Å². The van der Waals surface area contributed by atoms with E-state index in [9.17, 15) is 4.79 Å². The molecule has 0 aliphatic heterocycles. The molecular weight excluding hydrogens is 282 g/mol. The molecule has 0 aliphatic rings. The summed E-state index contributed by atoms with van der Waals surface area (Å²) in [7, 11) is 1.58. The quantitative estimate of drug-likeness (QED) is 0.453. The van der Waals surface area contributed by atoms with Crippen molar-refractivity contribution in [2.75, 3.05) is 13.7 Å². The zero-order chi connectivity index (χ0) is 16.4. The predicted octanol–water partition coefficient (Wildman–Crippen LogP) is 2.19. The van der Waals surface area contributed by atoms with Crippen LogP contribution in [0.4, 0.5) is 0 Å². The number of nitrogens with zero attached hydrogens (tertiary/aromatic N) is 2. The summed E-state index contributed by atoms with van der Waals surface area (Å²) in [4.78, 5) is 11.2. The second kappa shape index (κ2) is 9.19. The Labute approximate surface area is 130 Å². The average Bonchev–Trinajstić information content (AvgIpc) is 2.48. The van der Waals surface area contributed by atoms with Crippen LogP contribution < -0.4 is 14.9 Å². The maximum absolute atomic E-state index is 11.2. The van der Waals surface area contributed by atoms with Crippen LogP contribution in [0.2, 0.25) is 0 Å². The molecule has 1 N–H and O–H groups in total. The maximum Gasteiger partial charge on any atom is 0.254 e. The molecule has 1 amide bonds. The van der Waals surface area contributed by atoms with Crippen LogP contribution in [-0.4, -0.2) is 25.8 Å². The molecule has 0 bridgehead atoms. The van der Waals surface area contributed by atoms with Crippen LogP contribution in [0.15, 0.2) is 29.9 Å². The molecule has 0 saturated heterocycles. The van der Waals surface area contributed by atoms with Gasteiger partial charge < -0.3 is 9.47 Å². The lowest BCUT2D eigenvalue weighted by Crippen LogP contribution is -2.16. The van der Waals surface area contributed by atoms with Crippen molar-refractivity contribution in [3.05, 3.63) is 35.9 Å². The van der Waals surface area contributed by atoms with E-state index in [0.29, 0.717) is 24.5 Å². The molecular formula is C16H19N3O3. The van der Waals surface area contributed by atoms with Gasteiger partial charge in [0.15, 0.2) is 11.5 Å². The molecule has 0 radical (unpaired) electrons. The zero-order valence-corrected chi connectivity index (χ0v) is 12.8. The van der Waals surface area contributed by atoms with Crippen molar-refractivity contribution in [2.45, 2.75) is 19.8 Å². The van der Waals surface area contributed by atoms with Gasteiger partial charge in [-0.15, -0.1) is 6.58 Å². The van der Waals surface area contributed by atoms with Gasteiger partial charge in [-0.2, -0.15) is 10.4 Å². The van der Waals surface area contributed by atoms with Crippen LogP contribution in [-0.2, 0) is 11.2 Å². The van der Waals surface area contributed by atoms with Gasteiger partial charge in [0.1, 0.15) is 6.42 Å². The third-order valence-electron chi connectivity index (χ3n) is 2.66. The number of rotatable bonds is 8. The maximum atomic E-state index is 11.2. The number of methoxy groups -OCH3 is 1. The van der Waals surface area contributed by atoms with E-state index in [1.165, 1.54) is 6.21 Å². The van der Waals surface area contributed by atoms with Gasteiger partial charge in [0.2, 0.25) is 0 Å². The first-order chi connectivity index (χ1) is 10.7. The monoisotopic (exact) mass is 301 g/mol. The first kappa shape index (κ1) is 17.2. The lowest BCUT2D eigenvalue weighted by atomic mass is 10.1. The highest BCUT2D eigenvalue weighted by Crippen LogP contribution is 2.33. The van der Waals surface area contributed by atoms with Crippen molar-refractivity contribution in [3.63, 3.8) is 0 Å². The number of hydrazone groups is 1. The number of amides is 1. The molecule has 0 aromatic heterocycles. The molecule has 116 valence electrons. The molecule has 22 heavy (non-hydrogen) atoms. The Morgan fingerprint density at radius 3 is 2.91 bits per heavy atom. The van der Waals surface area contributed by atoms with Crippen molar-refractivity contribution in [2.24, 2.45) is 5.10 Å². The van der Waals surface area contributed by atoms with E-state index in [2.05, 4.69) is 17.1 Å². The molecule has 0 heterocycles. The number of nitrogens with one attached hydrogen (secondary N) is 1. The Hall–Kier alpha value is -2.81. The summed E-state index contributed by atoms with van der Waals surface area (Å²) in [6.45, 7) is 6.11. The van der Waals surface area contributed by atoms with E-state index in [1.54, 1.807) is 25.3 Å². The third-order valence-corrected chi connectivity index (χ3v) is 2.66. The molecule has 6 heteroatoms. The smallest absolute Gasteiger partial charge is 0.254 e. The number of nitriles is 1. The Kier molecular flexibility index (Phi) is 7.20. The molecule has 0 saturated carbocycles. The highest BCUT2D eigenvalue weighted by molar-refractivity contribution is 5.84. The molecule has 0 atom stereocenters. The fourth-order valence-electron chi connectivity index (χ4n) is 1.85. The molecule has 1 aromatic carbocycles. The van der Waals surface area contributed by atoms with E-state index >= 15 is 0 Å². The van der Waals surface area contributed by atoms with Crippen LogP contribution in [0, 0.1) is 11.3 Å². The number of carbonyl (C=O) groups excluding carboxylic acids is 1. The Morgan fingerprint density at radius 1 is 1.55 bits per heavy atom. The summed E-state index contributed by atoms with van der Waals surface area (Å²) in [5, 5.41) is 12.2. The standard InChI is InChI=1S/C16H19N3O3/c1-4-6-13-9-12(11-18-19-15(20)7-8-17)10-14(22-5-2)16(13)21-3/h4,9-11H,1,5-7H2,2-3H3,(H,19,20)/b18-11-. The van der Waals surface area contributed by atoms with Gasteiger partial charge >= 0.3 is 0 Å². The van der Waals surface area contributed by atoms with Crippen LogP contribution >= 0.6 is 0 Å². The highest BCUT2D eigenvalue weighted by atomic mass is 16.5. The lowest BCUT2D eigenvalue weighted by molar-refractivity contribution is -0.120. The van der Waals surface area contributed by atoms with Crippen LogP contribution in [0.25, 0.3) is 0 Å². The predicted molar refractivity (Wildman–Crippen MR) is 84.0 cm³/mol. The minimum Gasteiger partial charge on any atom is -0.493 e. The van der Waals surface area contributed by atoms with Gasteiger partial charge in [0.05, 0.1) is 26.0 Å². The number of hydrogen-bond donors (Lipinski definition) is 1. The third kappa shape index (κ3) is 4.94. The summed E-state index contributed by atoms with van der Waals surface area (Å²) in [5.74, 6) is 0.810. The molecule has 0 fully saturated rings. The Balaban J connectivity index is 3.04. The molecule has 0 spiro atoms. The molecule has 1 rings (SSSR count). The zero-order valence-electron chi connectivity index (χ0n) is 12.8. The van der Waals surface area contributed by atoms with Gasteiger partial charge in [-0.3, -0.25) is 4.79 Å². The fraction of sp³-hybridized carbons (Fsp3) is 0.312. The summed E-state index contributed by atoms with van der Waals surface area (Å²) in [6, 6.07) is 5.40. The lowest BCUT2D eigenvalue weighted by Gasteiger charge is -2.14. The molecule has 0 aliphatic carbocycles. The number of allylic oxidation sites excluding steroid dienone is 1. The van der Waals surface area contributed by atoms with Crippen molar-refractivity contribution in [3.8, 4) is 17.6 Å². The first-order valence-corrected chi connectivity index (χ1v) is 6.79. The highest BCUT2D eigenvalue weighted by Gasteiger charge is 2.11. The van der Waals surface area contributed by atoms with Gasteiger partial charge in [-0.25, -0.2) is 5.43 Å². The van der Waals surface area contributed by atoms with Crippen LogP contribution in [0.3, 0.4) is 0 Å². The summed E-state index contributed by atoms with van der Waals surface area (Å²) < 4.78 is 11.0. The number of benzene rings is 1. The molecule has 1 aromatic rings. The number of carbonyl (C=O) groups is 1. The summed E-state index contributed by atoms with van der Waals surface area (Å²) in [5.41, 5.74) is 3.94. The van der Waals surface area contributed by atoms with E-state index in [1.807, 2.05) is 13.0 Å². The van der Waals surface area contributed by atoms with Gasteiger partial charge in [-0.1, -0.05) is 6.08 Å². The van der Waals surface area contributed by atoms with Gasteiger partial charge in [0.25, 0.3) is 5.91 Å². The summed E-state index contributed by atoms with van der Waals surface area (Å²) in [6.07, 6.45) is 3.64. The van der Waals surface area contributed by atoms with Gasteiger partial charge in [-0.05, 0) is 31.0 Å². The minimum absolute atomic E-state index is 0.230. The number of hydrogen-bond acceptors (Lipinski definition) is 5. The van der Waals surface area contributed by atoms with E-state index < -0.39 is 5.91 Å². The van der Waals surface area contributed by atoms with E-state index in [0.717, 1.165) is 11.1 Å². The van der Waals surface area contributed by atoms with Crippen LogP contribution in [0.5, 0.6) is 11.5 Å². The van der Waals surface area contributed by atoms with E-state index in [4.69, 9.17) is 14.7 Å². The van der Waals surface area contributed by atoms with Crippen molar-refractivity contribution in [1.82, 2.24) is 5.43 Å². The first-order valence-electron chi connectivity index (χ1n) is 6.79. The average molecular weight is 301 g/mol. The Bertz CT molecular complexity index is 603. The van der Waals surface area contributed by atoms with E-state index in [-0.39, 0.29) is 6.42 Å². The van der Waals surface area contributed by atoms with Crippen molar-refractivity contribution < 1.29 is 14.3 Å². The topological polar surface area (TPSA) is 83.7 Å². The van der Waals surface area contributed by atoms with Crippen LogP contribution in [0.1, 0.15) is 24.5 Å². The second-order valence-corrected chi connectivity index (χ2v) is 4.27. The number of ether oxygens (including phenoxy) is 2. The normalized spacial score (nSPS) is 10.0. The SMILES string of the molecule is C=CCc1cc(/C=N\NC(=O)CC#N)cc(OCC)c1OC. The second-order valence-electron chi connectivity index (χ2n) is 4.27. The largest absolute Gasteiger partial charge is 0.493 e.